The molecule has 0 amide bonds. The van der Waals surface area contributed by atoms with Crippen LogP contribution in [0.15, 0.2) is 52.2 Å². The van der Waals surface area contributed by atoms with Crippen LogP contribution in [0.4, 0.5) is 11.5 Å². The third-order valence-corrected chi connectivity index (χ3v) is 6.38. The Morgan fingerprint density at radius 1 is 1.15 bits per heavy atom. The monoisotopic (exact) mass is 381 g/mol. The Morgan fingerprint density at radius 3 is 2.92 bits per heavy atom. The predicted octanol–water partition coefficient (Wildman–Crippen LogP) is 3.58. The fourth-order valence-electron chi connectivity index (χ4n) is 2.82. The SMILES string of the molecule is O=S1(=O)C=Cc2ccc(Nc3nc(-c4cccs4)nc4cn[nH]c34)cc21. The molecule has 9 heteroatoms. The van der Waals surface area contributed by atoms with E-state index in [2.05, 4.69) is 25.5 Å². The number of nitrogens with zero attached hydrogens (tertiary/aromatic N) is 3. The van der Waals surface area contributed by atoms with Gasteiger partial charge in [-0.3, -0.25) is 5.10 Å². The van der Waals surface area contributed by atoms with Crippen LogP contribution in [0.2, 0.25) is 0 Å². The zero-order chi connectivity index (χ0) is 17.7. The van der Waals surface area contributed by atoms with Gasteiger partial charge in [0.2, 0.25) is 9.84 Å². The molecule has 0 atom stereocenters. The summed E-state index contributed by atoms with van der Waals surface area (Å²) < 4.78 is 24.2. The highest BCUT2D eigenvalue weighted by molar-refractivity contribution is 7.94. The van der Waals surface area contributed by atoms with Crippen molar-refractivity contribution in [3.8, 4) is 10.7 Å². The highest BCUT2D eigenvalue weighted by Gasteiger charge is 2.21. The van der Waals surface area contributed by atoms with E-state index in [1.165, 1.54) is 5.41 Å². The number of hydrogen-bond acceptors (Lipinski definition) is 7. The van der Waals surface area contributed by atoms with Gasteiger partial charge in [-0.05, 0) is 35.2 Å². The van der Waals surface area contributed by atoms with Crippen molar-refractivity contribution in [1.82, 2.24) is 20.2 Å². The van der Waals surface area contributed by atoms with E-state index in [1.807, 2.05) is 23.6 Å². The van der Waals surface area contributed by atoms with Crippen LogP contribution >= 0.6 is 11.3 Å². The largest absolute Gasteiger partial charge is 0.338 e. The summed E-state index contributed by atoms with van der Waals surface area (Å²) in [7, 11) is -3.37. The number of rotatable bonds is 3. The molecule has 4 heterocycles. The number of anilines is 2. The molecule has 0 bridgehead atoms. The molecule has 0 saturated carbocycles. The number of fused-ring (bicyclic) bond motifs is 2. The number of aromatic amines is 1. The second kappa shape index (κ2) is 5.48. The fourth-order valence-corrected chi connectivity index (χ4v) is 4.70. The van der Waals surface area contributed by atoms with Gasteiger partial charge in [-0.15, -0.1) is 11.3 Å². The minimum Gasteiger partial charge on any atom is -0.338 e. The summed E-state index contributed by atoms with van der Waals surface area (Å²) in [5.74, 6) is 1.13. The Balaban J connectivity index is 1.61. The van der Waals surface area contributed by atoms with E-state index in [9.17, 15) is 8.42 Å². The first kappa shape index (κ1) is 15.2. The molecule has 0 spiro atoms. The van der Waals surface area contributed by atoms with Gasteiger partial charge in [0.1, 0.15) is 11.0 Å². The molecule has 26 heavy (non-hydrogen) atoms. The van der Waals surface area contributed by atoms with Gasteiger partial charge < -0.3 is 5.32 Å². The van der Waals surface area contributed by atoms with Crippen molar-refractivity contribution in [2.24, 2.45) is 0 Å². The van der Waals surface area contributed by atoms with Crippen molar-refractivity contribution in [1.29, 1.82) is 0 Å². The normalized spacial score (nSPS) is 14.6. The van der Waals surface area contributed by atoms with Crippen LogP contribution in [0.3, 0.4) is 0 Å². The summed E-state index contributed by atoms with van der Waals surface area (Å²) in [4.78, 5) is 10.3. The van der Waals surface area contributed by atoms with Crippen LogP contribution in [0.5, 0.6) is 0 Å². The average Bonchev–Trinajstić information content (AvgIpc) is 3.36. The molecule has 0 unspecified atom stereocenters. The number of sulfone groups is 1. The molecule has 3 aromatic heterocycles. The molecular weight excluding hydrogens is 370 g/mol. The minimum atomic E-state index is -3.37. The zero-order valence-corrected chi connectivity index (χ0v) is 14.8. The van der Waals surface area contributed by atoms with E-state index in [0.29, 0.717) is 33.9 Å². The van der Waals surface area contributed by atoms with Gasteiger partial charge >= 0.3 is 0 Å². The molecule has 0 aliphatic carbocycles. The molecule has 0 fully saturated rings. The molecule has 0 saturated heterocycles. The van der Waals surface area contributed by atoms with E-state index in [1.54, 1.807) is 35.7 Å². The maximum absolute atomic E-state index is 12.1. The van der Waals surface area contributed by atoms with Crippen LogP contribution < -0.4 is 5.32 Å². The van der Waals surface area contributed by atoms with E-state index in [0.717, 1.165) is 4.88 Å². The quantitative estimate of drug-likeness (QED) is 0.562. The molecule has 5 rings (SSSR count). The lowest BCUT2D eigenvalue weighted by Gasteiger charge is -2.09. The van der Waals surface area contributed by atoms with Gasteiger partial charge in [-0.25, -0.2) is 18.4 Å². The molecule has 128 valence electrons. The predicted molar refractivity (Wildman–Crippen MR) is 101 cm³/mol. The number of hydrogen-bond donors (Lipinski definition) is 2. The smallest absolute Gasteiger partial charge is 0.200 e. The van der Waals surface area contributed by atoms with Crippen molar-refractivity contribution in [2.75, 3.05) is 5.32 Å². The zero-order valence-electron chi connectivity index (χ0n) is 13.2. The Labute approximate surface area is 152 Å². The summed E-state index contributed by atoms with van der Waals surface area (Å²) in [6.45, 7) is 0. The molecule has 1 aromatic carbocycles. The van der Waals surface area contributed by atoms with E-state index >= 15 is 0 Å². The summed E-state index contributed by atoms with van der Waals surface area (Å²) in [6, 6.07) is 9.08. The standard InChI is InChI=1S/C17H11N5O2S2/c23-26(24)7-5-10-3-4-11(8-14(10)26)19-17-15-12(9-18-22-15)20-16(21-17)13-2-1-6-25-13/h1-9H,(H,18,22)(H,19,20,21). The van der Waals surface area contributed by atoms with Crippen LogP contribution in [0.1, 0.15) is 5.56 Å². The van der Waals surface area contributed by atoms with Crippen molar-refractivity contribution >= 4 is 49.8 Å². The van der Waals surface area contributed by atoms with Crippen molar-refractivity contribution in [3.63, 3.8) is 0 Å². The first-order chi connectivity index (χ1) is 12.6. The molecule has 4 aromatic rings. The first-order valence-corrected chi connectivity index (χ1v) is 10.1. The third kappa shape index (κ3) is 2.40. The number of aromatic nitrogens is 4. The van der Waals surface area contributed by atoms with Gasteiger partial charge in [0.05, 0.1) is 16.0 Å². The first-order valence-electron chi connectivity index (χ1n) is 7.69. The number of nitrogens with one attached hydrogen (secondary N) is 2. The van der Waals surface area contributed by atoms with Crippen LogP contribution in [-0.4, -0.2) is 28.6 Å². The maximum atomic E-state index is 12.1. The summed E-state index contributed by atoms with van der Waals surface area (Å²) in [5.41, 5.74) is 2.65. The number of H-pyrrole nitrogens is 1. The topological polar surface area (TPSA) is 101 Å². The van der Waals surface area contributed by atoms with Gasteiger partial charge in [0, 0.05) is 11.1 Å². The Kier molecular flexibility index (Phi) is 3.21. The molecule has 1 aliphatic rings. The lowest BCUT2D eigenvalue weighted by Crippen LogP contribution is -2.00. The maximum Gasteiger partial charge on any atom is 0.200 e. The lowest BCUT2D eigenvalue weighted by atomic mass is 10.2. The summed E-state index contributed by atoms with van der Waals surface area (Å²) in [6.07, 6.45) is 3.23. The van der Waals surface area contributed by atoms with Gasteiger partial charge in [-0.2, -0.15) is 5.10 Å². The number of thiophene rings is 1. The highest BCUT2D eigenvalue weighted by atomic mass is 32.2. The lowest BCUT2D eigenvalue weighted by molar-refractivity contribution is 0.605. The Morgan fingerprint density at radius 2 is 2.08 bits per heavy atom. The van der Waals surface area contributed by atoms with Gasteiger partial charge in [-0.1, -0.05) is 12.1 Å². The van der Waals surface area contributed by atoms with E-state index in [-0.39, 0.29) is 4.90 Å². The van der Waals surface area contributed by atoms with Gasteiger partial charge in [0.15, 0.2) is 11.6 Å². The Hall–Kier alpha value is -3.04. The second-order valence-electron chi connectivity index (χ2n) is 5.73. The van der Waals surface area contributed by atoms with Crippen LogP contribution in [0, 0.1) is 0 Å². The second-order valence-corrected chi connectivity index (χ2v) is 8.48. The van der Waals surface area contributed by atoms with Crippen LogP contribution in [-0.2, 0) is 9.84 Å². The average molecular weight is 381 g/mol. The van der Waals surface area contributed by atoms with Crippen LogP contribution in [0.25, 0.3) is 27.8 Å². The molecule has 1 aliphatic heterocycles. The molecule has 7 nitrogen and oxygen atoms in total. The van der Waals surface area contributed by atoms with E-state index in [4.69, 9.17) is 0 Å². The van der Waals surface area contributed by atoms with E-state index < -0.39 is 9.84 Å². The highest BCUT2D eigenvalue weighted by Crippen LogP contribution is 2.32. The molecular formula is C17H11N5O2S2. The third-order valence-electron chi connectivity index (χ3n) is 4.05. The molecule has 2 N–H and O–H groups in total. The summed E-state index contributed by atoms with van der Waals surface area (Å²) >= 11 is 1.55. The Bertz CT molecular complexity index is 1270. The van der Waals surface area contributed by atoms with Gasteiger partial charge in [0.25, 0.3) is 0 Å². The number of benzene rings is 1. The minimum absolute atomic E-state index is 0.288. The van der Waals surface area contributed by atoms with Crippen molar-refractivity contribution in [2.45, 2.75) is 4.90 Å². The van der Waals surface area contributed by atoms with Crippen molar-refractivity contribution in [3.05, 3.63) is 52.9 Å². The summed E-state index contributed by atoms with van der Waals surface area (Å²) in [5, 5.41) is 13.3. The molecule has 0 radical (unpaired) electrons. The fraction of sp³-hybridized carbons (Fsp3) is 0. The van der Waals surface area contributed by atoms with Crippen molar-refractivity contribution < 1.29 is 8.42 Å².